The average molecular weight is 317 g/mol. The predicted octanol–water partition coefficient (Wildman–Crippen LogP) is 1.71. The molecular weight excluding hydrogens is 304 g/mol. The third kappa shape index (κ3) is 2.31. The molecule has 1 N–H and O–H groups in total. The summed E-state index contributed by atoms with van der Waals surface area (Å²) in [5, 5.41) is 18.0. The number of aromatic nitrogens is 4. The fourth-order valence-electron chi connectivity index (χ4n) is 3.03. The maximum atomic E-state index is 13.6. The van der Waals surface area contributed by atoms with E-state index in [-0.39, 0.29) is 6.04 Å². The number of anilines is 1. The minimum atomic E-state index is -0.905. The first-order chi connectivity index (χ1) is 11.1. The van der Waals surface area contributed by atoms with Crippen molar-refractivity contribution in [3.8, 4) is 0 Å². The van der Waals surface area contributed by atoms with Gasteiger partial charge in [-0.05, 0) is 24.1 Å². The summed E-state index contributed by atoms with van der Waals surface area (Å²) in [4.78, 5) is 6.18. The summed E-state index contributed by atoms with van der Waals surface area (Å²) >= 11 is 0. The van der Waals surface area contributed by atoms with Crippen LogP contribution in [-0.2, 0) is 0 Å². The Morgan fingerprint density at radius 3 is 2.91 bits per heavy atom. The average Bonchev–Trinajstić information content (AvgIpc) is 3.16. The number of hydrogen-bond donors (Lipinski definition) is 1. The molecule has 1 saturated heterocycles. The van der Waals surface area contributed by atoms with E-state index in [1.807, 2.05) is 4.90 Å². The molecular formula is C15H13F2N5O. The van der Waals surface area contributed by atoms with Gasteiger partial charge in [0.05, 0.1) is 12.1 Å². The summed E-state index contributed by atoms with van der Waals surface area (Å²) < 4.78 is 28.5. The molecule has 118 valence electrons. The molecule has 0 radical (unpaired) electrons. The molecule has 0 unspecified atom stereocenters. The molecule has 1 aromatic carbocycles. The highest BCUT2D eigenvalue weighted by molar-refractivity contribution is 5.65. The monoisotopic (exact) mass is 317 g/mol. The van der Waals surface area contributed by atoms with E-state index >= 15 is 0 Å². The highest BCUT2D eigenvalue weighted by atomic mass is 19.2. The van der Waals surface area contributed by atoms with Gasteiger partial charge in [0.1, 0.15) is 6.33 Å². The van der Waals surface area contributed by atoms with Crippen LogP contribution < -0.4 is 4.90 Å². The van der Waals surface area contributed by atoms with E-state index in [1.54, 1.807) is 23.1 Å². The summed E-state index contributed by atoms with van der Waals surface area (Å²) in [6.07, 6.45) is 4.70. The van der Waals surface area contributed by atoms with E-state index in [1.165, 1.54) is 6.07 Å². The number of fused-ring (bicyclic) bond motifs is 1. The van der Waals surface area contributed by atoms with Crippen molar-refractivity contribution in [3.63, 3.8) is 0 Å². The molecule has 0 amide bonds. The number of hydrogen-bond acceptors (Lipinski definition) is 5. The van der Waals surface area contributed by atoms with Crippen LogP contribution in [0.25, 0.3) is 5.65 Å². The second-order valence-corrected chi connectivity index (χ2v) is 5.54. The van der Waals surface area contributed by atoms with Crippen molar-refractivity contribution >= 4 is 11.5 Å². The topological polar surface area (TPSA) is 66.5 Å². The fraction of sp³-hybridized carbons (Fsp3) is 0.267. The van der Waals surface area contributed by atoms with Crippen molar-refractivity contribution in [2.45, 2.75) is 18.6 Å². The van der Waals surface area contributed by atoms with Crippen LogP contribution in [0.5, 0.6) is 0 Å². The van der Waals surface area contributed by atoms with Gasteiger partial charge in [-0.25, -0.2) is 13.8 Å². The van der Waals surface area contributed by atoms with Crippen molar-refractivity contribution in [1.82, 2.24) is 19.6 Å². The van der Waals surface area contributed by atoms with E-state index in [9.17, 15) is 13.9 Å². The van der Waals surface area contributed by atoms with Crippen molar-refractivity contribution < 1.29 is 13.9 Å². The largest absolute Gasteiger partial charge is 0.391 e. The van der Waals surface area contributed by atoms with E-state index in [4.69, 9.17) is 0 Å². The van der Waals surface area contributed by atoms with Crippen molar-refractivity contribution in [3.05, 3.63) is 54.1 Å². The van der Waals surface area contributed by atoms with Gasteiger partial charge < -0.3 is 10.0 Å². The molecule has 2 aromatic heterocycles. The molecule has 0 spiro atoms. The zero-order chi connectivity index (χ0) is 16.0. The lowest BCUT2D eigenvalue weighted by Crippen LogP contribution is -2.26. The normalized spacial score (nSPS) is 21.3. The van der Waals surface area contributed by atoms with Gasteiger partial charge in [-0.2, -0.15) is 0 Å². The third-order valence-corrected chi connectivity index (χ3v) is 4.08. The smallest absolute Gasteiger partial charge is 0.203 e. The SMILES string of the molecule is O[C@H]1C[C@@H](c2ccc(F)c(F)c2)N(c2nccn3cnnc23)C1. The molecule has 2 atom stereocenters. The second kappa shape index (κ2) is 5.24. The minimum absolute atomic E-state index is 0.310. The Labute approximate surface area is 130 Å². The van der Waals surface area contributed by atoms with Gasteiger partial charge in [0.15, 0.2) is 17.5 Å². The van der Waals surface area contributed by atoms with Crippen LogP contribution in [0.15, 0.2) is 36.9 Å². The van der Waals surface area contributed by atoms with Gasteiger partial charge in [-0.1, -0.05) is 6.07 Å². The highest BCUT2D eigenvalue weighted by Gasteiger charge is 2.34. The Morgan fingerprint density at radius 1 is 1.22 bits per heavy atom. The molecule has 6 nitrogen and oxygen atoms in total. The molecule has 3 aromatic rings. The van der Waals surface area contributed by atoms with E-state index in [2.05, 4.69) is 15.2 Å². The summed E-state index contributed by atoms with van der Waals surface area (Å²) in [6, 6.07) is 3.47. The van der Waals surface area contributed by atoms with Gasteiger partial charge in [0.25, 0.3) is 0 Å². The van der Waals surface area contributed by atoms with E-state index < -0.39 is 17.7 Å². The number of nitrogens with zero attached hydrogens (tertiary/aromatic N) is 5. The summed E-state index contributed by atoms with van der Waals surface area (Å²) in [5.74, 6) is -1.25. The molecule has 1 fully saturated rings. The third-order valence-electron chi connectivity index (χ3n) is 4.08. The molecule has 3 heterocycles. The van der Waals surface area contributed by atoms with Crippen molar-refractivity contribution in [1.29, 1.82) is 0 Å². The Balaban J connectivity index is 1.79. The fourth-order valence-corrected chi connectivity index (χ4v) is 3.03. The van der Waals surface area contributed by atoms with Crippen molar-refractivity contribution in [2.75, 3.05) is 11.4 Å². The number of aliphatic hydroxyl groups is 1. The number of β-amino-alcohol motifs (C(OH)–C–C–N with tert-alkyl or cyclic N) is 1. The lowest BCUT2D eigenvalue weighted by molar-refractivity contribution is 0.194. The van der Waals surface area contributed by atoms with E-state index in [0.29, 0.717) is 30.0 Å². The van der Waals surface area contributed by atoms with Crippen molar-refractivity contribution in [2.24, 2.45) is 0 Å². The first-order valence-corrected chi connectivity index (χ1v) is 7.17. The van der Waals surface area contributed by atoms with Crippen LogP contribution in [0, 0.1) is 11.6 Å². The first kappa shape index (κ1) is 14.0. The Hall–Kier alpha value is -2.61. The molecule has 1 aliphatic heterocycles. The molecule has 1 aliphatic rings. The van der Waals surface area contributed by atoms with Gasteiger partial charge in [0.2, 0.25) is 5.65 Å². The Kier molecular flexibility index (Phi) is 3.19. The molecule has 0 bridgehead atoms. The van der Waals surface area contributed by atoms with Crippen LogP contribution in [0.3, 0.4) is 0 Å². The Morgan fingerprint density at radius 2 is 2.09 bits per heavy atom. The number of aliphatic hydroxyl groups excluding tert-OH is 1. The van der Waals surface area contributed by atoms with Crippen LogP contribution in [0.4, 0.5) is 14.6 Å². The van der Waals surface area contributed by atoms with Crippen LogP contribution >= 0.6 is 0 Å². The zero-order valence-electron chi connectivity index (χ0n) is 12.0. The molecule has 0 aliphatic carbocycles. The predicted molar refractivity (Wildman–Crippen MR) is 77.9 cm³/mol. The van der Waals surface area contributed by atoms with Crippen LogP contribution in [-0.4, -0.2) is 37.3 Å². The van der Waals surface area contributed by atoms with Gasteiger partial charge >= 0.3 is 0 Å². The van der Waals surface area contributed by atoms with Gasteiger partial charge in [-0.15, -0.1) is 10.2 Å². The maximum absolute atomic E-state index is 13.6. The quantitative estimate of drug-likeness (QED) is 0.779. The Bertz CT molecular complexity index is 868. The lowest BCUT2D eigenvalue weighted by Gasteiger charge is -2.25. The number of rotatable bonds is 2. The summed E-state index contributed by atoms with van der Waals surface area (Å²) in [5.41, 5.74) is 1.14. The van der Waals surface area contributed by atoms with E-state index in [0.717, 1.165) is 12.1 Å². The second-order valence-electron chi connectivity index (χ2n) is 5.54. The molecule has 0 saturated carbocycles. The maximum Gasteiger partial charge on any atom is 0.203 e. The number of halogens is 2. The van der Waals surface area contributed by atoms with Crippen LogP contribution in [0.2, 0.25) is 0 Å². The lowest BCUT2D eigenvalue weighted by atomic mass is 10.0. The summed E-state index contributed by atoms with van der Waals surface area (Å²) in [7, 11) is 0. The van der Waals surface area contributed by atoms with Crippen LogP contribution in [0.1, 0.15) is 18.0 Å². The number of benzene rings is 1. The summed E-state index contributed by atoms with van der Waals surface area (Å²) in [6.45, 7) is 0.337. The molecule has 8 heteroatoms. The minimum Gasteiger partial charge on any atom is -0.391 e. The highest BCUT2D eigenvalue weighted by Crippen LogP contribution is 2.36. The van der Waals surface area contributed by atoms with Gasteiger partial charge in [-0.3, -0.25) is 4.40 Å². The first-order valence-electron chi connectivity index (χ1n) is 7.17. The zero-order valence-corrected chi connectivity index (χ0v) is 12.0. The van der Waals surface area contributed by atoms with Gasteiger partial charge in [0, 0.05) is 18.9 Å². The standard InChI is InChI=1S/C15H13F2N5O/c16-11-2-1-9(5-12(11)17)13-6-10(23)7-22(13)14-15-20-19-8-21(15)4-3-18-14/h1-5,8,10,13,23H,6-7H2/t10-,13-/m0/s1. The molecule has 4 rings (SSSR count). The molecule has 23 heavy (non-hydrogen) atoms.